The molecule has 2 rings (SSSR count). The van der Waals surface area contributed by atoms with Crippen molar-refractivity contribution in [2.24, 2.45) is 0 Å². The summed E-state index contributed by atoms with van der Waals surface area (Å²) in [4.78, 5) is 0. The van der Waals surface area contributed by atoms with Gasteiger partial charge in [-0.15, -0.1) is 0 Å². The normalized spacial score (nSPS) is 10.5. The molecule has 2 nitrogen and oxygen atoms in total. The number of phenolic OH excluding ortho intramolecular Hbond substituents is 2. The summed E-state index contributed by atoms with van der Waals surface area (Å²) >= 11 is 0. The van der Waals surface area contributed by atoms with E-state index < -0.39 is 0 Å². The van der Waals surface area contributed by atoms with Crippen molar-refractivity contribution in [1.82, 2.24) is 0 Å². The van der Waals surface area contributed by atoms with Gasteiger partial charge in [-0.25, -0.2) is 0 Å². The fourth-order valence-corrected chi connectivity index (χ4v) is 1.96. The minimum Gasteiger partial charge on any atom is -0.508 e. The van der Waals surface area contributed by atoms with Gasteiger partial charge in [0.05, 0.1) is 0 Å². The summed E-state index contributed by atoms with van der Waals surface area (Å²) < 4.78 is 0. The highest BCUT2D eigenvalue weighted by molar-refractivity contribution is 5.53. The predicted octanol–water partition coefficient (Wildman–Crippen LogP) is 3.31. The van der Waals surface area contributed by atoms with Crippen molar-refractivity contribution < 1.29 is 10.2 Å². The van der Waals surface area contributed by atoms with Crippen LogP contribution in [0.2, 0.25) is 0 Å². The number of hydrogen-bond donors (Lipinski definition) is 2. The molecule has 0 aliphatic carbocycles. The molecule has 0 aliphatic heterocycles. The number of phenols is 2. The van der Waals surface area contributed by atoms with Crippen molar-refractivity contribution in [2.45, 2.75) is 20.3 Å². The van der Waals surface area contributed by atoms with Crippen LogP contribution in [0.25, 0.3) is 0 Å². The number of aryl methyl sites for hydroxylation is 1. The highest BCUT2D eigenvalue weighted by Gasteiger charge is 2.12. The third-order valence-electron chi connectivity index (χ3n) is 3.08. The molecule has 0 aliphatic rings. The van der Waals surface area contributed by atoms with E-state index in [1.807, 2.05) is 37.3 Å². The van der Waals surface area contributed by atoms with Crippen molar-refractivity contribution in [3.8, 4) is 11.5 Å². The molecule has 0 unspecified atom stereocenters. The molecular weight excluding hydrogens is 212 g/mol. The van der Waals surface area contributed by atoms with Crippen LogP contribution in [0.15, 0.2) is 36.4 Å². The lowest BCUT2D eigenvalue weighted by atomic mass is 9.96. The molecule has 0 amide bonds. The SMILES string of the molecule is Cc1cc(O)c(C)c(O)c1Cc1ccccc1. The van der Waals surface area contributed by atoms with Gasteiger partial charge in [0.2, 0.25) is 0 Å². The van der Waals surface area contributed by atoms with Gasteiger partial charge in [0.1, 0.15) is 11.5 Å². The van der Waals surface area contributed by atoms with Gasteiger partial charge in [-0.05, 0) is 31.0 Å². The average molecular weight is 228 g/mol. The number of hydrogen-bond acceptors (Lipinski definition) is 2. The Kier molecular flexibility index (Phi) is 3.05. The van der Waals surface area contributed by atoms with E-state index in [1.54, 1.807) is 13.0 Å². The maximum atomic E-state index is 10.1. The van der Waals surface area contributed by atoms with Crippen LogP contribution in [0.3, 0.4) is 0 Å². The largest absolute Gasteiger partial charge is 0.508 e. The topological polar surface area (TPSA) is 40.5 Å². The van der Waals surface area contributed by atoms with Crippen LogP contribution in [0.1, 0.15) is 22.3 Å². The zero-order chi connectivity index (χ0) is 12.4. The molecule has 0 saturated carbocycles. The lowest BCUT2D eigenvalue weighted by Crippen LogP contribution is -1.94. The van der Waals surface area contributed by atoms with Crippen molar-refractivity contribution in [3.05, 3.63) is 58.7 Å². The van der Waals surface area contributed by atoms with Gasteiger partial charge < -0.3 is 10.2 Å². The van der Waals surface area contributed by atoms with Crippen molar-refractivity contribution in [3.63, 3.8) is 0 Å². The van der Waals surface area contributed by atoms with Crippen LogP contribution in [-0.4, -0.2) is 10.2 Å². The highest BCUT2D eigenvalue weighted by atomic mass is 16.3. The van der Waals surface area contributed by atoms with Gasteiger partial charge in [0, 0.05) is 17.5 Å². The van der Waals surface area contributed by atoms with E-state index in [1.165, 1.54) is 0 Å². The minimum absolute atomic E-state index is 0.150. The Bertz CT molecular complexity index is 530. The molecule has 0 aromatic heterocycles. The molecule has 0 fully saturated rings. The first-order valence-electron chi connectivity index (χ1n) is 5.64. The van der Waals surface area contributed by atoms with Crippen LogP contribution < -0.4 is 0 Å². The fourth-order valence-electron chi connectivity index (χ4n) is 1.96. The third kappa shape index (κ3) is 2.26. The molecule has 0 radical (unpaired) electrons. The first-order chi connectivity index (χ1) is 8.09. The smallest absolute Gasteiger partial charge is 0.125 e. The summed E-state index contributed by atoms with van der Waals surface area (Å²) in [6.45, 7) is 3.62. The Labute approximate surface area is 101 Å². The summed E-state index contributed by atoms with van der Waals surface area (Å²) in [5.74, 6) is 0.350. The summed E-state index contributed by atoms with van der Waals surface area (Å²) in [6, 6.07) is 11.7. The van der Waals surface area contributed by atoms with E-state index in [2.05, 4.69) is 0 Å². The lowest BCUT2D eigenvalue weighted by Gasteiger charge is -2.12. The molecule has 0 saturated heterocycles. The second-order valence-electron chi connectivity index (χ2n) is 4.33. The molecule has 0 atom stereocenters. The Morgan fingerprint density at radius 1 is 1.00 bits per heavy atom. The Morgan fingerprint density at radius 3 is 2.29 bits per heavy atom. The Morgan fingerprint density at radius 2 is 1.65 bits per heavy atom. The molecule has 88 valence electrons. The van der Waals surface area contributed by atoms with E-state index >= 15 is 0 Å². The monoisotopic (exact) mass is 228 g/mol. The number of benzene rings is 2. The Balaban J connectivity index is 2.43. The first kappa shape index (κ1) is 11.5. The molecule has 2 aromatic rings. The van der Waals surface area contributed by atoms with Crippen molar-refractivity contribution in [1.29, 1.82) is 0 Å². The summed E-state index contributed by atoms with van der Waals surface area (Å²) in [7, 11) is 0. The molecular formula is C15H16O2. The van der Waals surface area contributed by atoms with Crippen LogP contribution in [-0.2, 0) is 6.42 Å². The van der Waals surface area contributed by atoms with E-state index in [9.17, 15) is 10.2 Å². The van der Waals surface area contributed by atoms with Gasteiger partial charge >= 0.3 is 0 Å². The molecule has 0 spiro atoms. The average Bonchev–Trinajstić information content (AvgIpc) is 2.33. The predicted molar refractivity (Wildman–Crippen MR) is 68.5 cm³/mol. The number of rotatable bonds is 2. The zero-order valence-corrected chi connectivity index (χ0v) is 10.1. The van der Waals surface area contributed by atoms with Gasteiger partial charge in [0.15, 0.2) is 0 Å². The van der Waals surface area contributed by atoms with Crippen molar-refractivity contribution >= 4 is 0 Å². The second-order valence-corrected chi connectivity index (χ2v) is 4.33. The van der Waals surface area contributed by atoms with E-state index in [4.69, 9.17) is 0 Å². The van der Waals surface area contributed by atoms with E-state index in [0.717, 1.165) is 16.7 Å². The maximum Gasteiger partial charge on any atom is 0.125 e. The molecule has 2 aromatic carbocycles. The standard InChI is InChI=1S/C15H16O2/c1-10-8-14(16)11(2)15(17)13(10)9-12-6-4-3-5-7-12/h3-8,16-17H,9H2,1-2H3. The molecule has 2 heteroatoms. The Hall–Kier alpha value is -1.96. The second kappa shape index (κ2) is 4.50. The van der Waals surface area contributed by atoms with Crippen LogP contribution in [0.4, 0.5) is 0 Å². The van der Waals surface area contributed by atoms with E-state index in [0.29, 0.717) is 12.0 Å². The third-order valence-corrected chi connectivity index (χ3v) is 3.08. The van der Waals surface area contributed by atoms with Crippen LogP contribution in [0.5, 0.6) is 11.5 Å². The lowest BCUT2D eigenvalue weighted by molar-refractivity contribution is 0.438. The van der Waals surface area contributed by atoms with Crippen molar-refractivity contribution in [2.75, 3.05) is 0 Å². The quantitative estimate of drug-likeness (QED) is 0.828. The molecule has 2 N–H and O–H groups in total. The van der Waals surface area contributed by atoms with E-state index in [-0.39, 0.29) is 11.5 Å². The maximum absolute atomic E-state index is 10.1. The highest BCUT2D eigenvalue weighted by Crippen LogP contribution is 2.33. The van der Waals surface area contributed by atoms with Gasteiger partial charge in [-0.2, -0.15) is 0 Å². The molecule has 17 heavy (non-hydrogen) atoms. The van der Waals surface area contributed by atoms with Gasteiger partial charge in [0.25, 0.3) is 0 Å². The minimum atomic E-state index is 0.150. The van der Waals surface area contributed by atoms with Crippen LogP contribution >= 0.6 is 0 Å². The summed E-state index contributed by atoms with van der Waals surface area (Å²) in [5.41, 5.74) is 3.48. The fraction of sp³-hybridized carbons (Fsp3) is 0.200. The molecule has 0 bridgehead atoms. The summed E-state index contributed by atoms with van der Waals surface area (Å²) in [6.07, 6.45) is 0.680. The van der Waals surface area contributed by atoms with Gasteiger partial charge in [-0.1, -0.05) is 30.3 Å². The summed E-state index contributed by atoms with van der Waals surface area (Å²) in [5, 5.41) is 19.7. The first-order valence-corrected chi connectivity index (χ1v) is 5.64. The van der Waals surface area contributed by atoms with Crippen LogP contribution in [0, 0.1) is 13.8 Å². The number of aromatic hydroxyl groups is 2. The molecule has 0 heterocycles. The zero-order valence-electron chi connectivity index (χ0n) is 10.1. The van der Waals surface area contributed by atoms with Gasteiger partial charge in [-0.3, -0.25) is 0 Å².